The second-order valence-corrected chi connectivity index (χ2v) is 43.6. The number of esters is 1. The highest BCUT2D eigenvalue weighted by Crippen LogP contribution is 2.53. The van der Waals surface area contributed by atoms with Crippen molar-refractivity contribution in [1.82, 2.24) is 4.98 Å². The highest BCUT2D eigenvalue weighted by atomic mass is 28.4. The predicted molar refractivity (Wildman–Crippen MR) is 351 cm³/mol. The second-order valence-electron chi connectivity index (χ2n) is 27.3. The maximum absolute atomic E-state index is 13.6. The summed E-state index contributed by atoms with van der Waals surface area (Å²) < 4.78 is 29.8. The maximum Gasteiger partial charge on any atom is 0.306 e. The van der Waals surface area contributed by atoms with Crippen molar-refractivity contribution in [3.05, 3.63) is 126 Å². The number of nitrogens with zero attached hydrogens (tertiary/aromatic N) is 1. The van der Waals surface area contributed by atoms with Crippen molar-refractivity contribution >= 4 is 47.5 Å². The van der Waals surface area contributed by atoms with E-state index < -0.39 is 25.0 Å². The van der Waals surface area contributed by atoms with Crippen LogP contribution in [0.25, 0.3) is 10.8 Å². The topological polar surface area (TPSA) is 84.0 Å². The highest BCUT2D eigenvalue weighted by Gasteiger charge is 2.55. The molecule has 1 aliphatic rings. The van der Waals surface area contributed by atoms with E-state index in [4.69, 9.17) is 18.0 Å². The molecule has 0 spiro atoms. The fourth-order valence-corrected chi connectivity index (χ4v) is 32.7. The third kappa shape index (κ3) is 17.1. The van der Waals surface area contributed by atoms with Gasteiger partial charge in [0.2, 0.25) is 25.0 Å². The Labute approximate surface area is 497 Å². The second kappa shape index (κ2) is 31.6. The van der Waals surface area contributed by atoms with E-state index in [1.807, 2.05) is 48.7 Å². The summed E-state index contributed by atoms with van der Waals surface area (Å²) in [4.78, 5) is 31.0. The molecule has 1 heterocycles. The summed E-state index contributed by atoms with van der Waals surface area (Å²) in [6.07, 6.45) is 17.7. The summed E-state index contributed by atoms with van der Waals surface area (Å²) in [5, 5.41) is 2.16. The molecule has 0 N–H and O–H groups in total. The number of carbonyl (C=O) groups excluding carboxylic acids is 2. The third-order valence-corrected chi connectivity index (χ3v) is 38.0. The zero-order valence-electron chi connectivity index (χ0n) is 54.4. The summed E-state index contributed by atoms with van der Waals surface area (Å²) in [7, 11) is -6.75. The molecule has 0 saturated heterocycles. The molecule has 1 aliphatic carbocycles. The third-order valence-electron chi connectivity index (χ3n) is 19.6. The Morgan fingerprint density at radius 1 is 0.593 bits per heavy atom. The number of allylic oxidation sites excluding steroid dienone is 2. The van der Waals surface area contributed by atoms with Gasteiger partial charge in [-0.1, -0.05) is 216 Å². The van der Waals surface area contributed by atoms with Gasteiger partial charge in [0, 0.05) is 42.6 Å². The Bertz CT molecular complexity index is 2470. The van der Waals surface area contributed by atoms with Crippen LogP contribution in [0.4, 0.5) is 0 Å². The standard InChI is InChI=1S/C71H113NO6Si3/c1-20-65(68(73)45-60-34-38-63-47-72-43-42-62(63)44-60)61-36-32-59(33-37-61)48-75-71(74)31-27-22-21-26-30-66-67(41-40-64(39-35-58-28-24-23-25-29-58)76-79(49(2)3,50(4)5)51(6)7)70(78-81(55(14)15,56(16)17)57(18)19)46-69(66)77-80(52(8)9,53(10)11)54(12)13/h21,23-26,28-29,32-34,36-38,42-44,47,49-57,64-67,69-70H,20,22,27,30-31,35,39-41,45-46,48H2,1-19H3/b26-21-/t64-,65?,66+,67+,69-,70+/m0/s1. The van der Waals surface area contributed by atoms with Crippen LogP contribution < -0.4 is 0 Å². The van der Waals surface area contributed by atoms with Crippen LogP contribution >= 0.6 is 0 Å². The summed E-state index contributed by atoms with van der Waals surface area (Å²) in [5.41, 5.74) is 8.74. The van der Waals surface area contributed by atoms with Gasteiger partial charge < -0.3 is 18.0 Å². The number of rotatable bonds is 34. The fraction of sp³-hybridized carbons (Fsp3) is 0.648. The molecule has 4 aromatic rings. The molecular weight excluding hydrogens is 1050 g/mol. The number of ketones is 1. The molecule has 1 aromatic heterocycles. The molecular formula is C71H113NO6Si3. The largest absolute Gasteiger partial charge is 0.461 e. The van der Waals surface area contributed by atoms with Gasteiger partial charge >= 0.3 is 5.97 Å². The molecule has 0 bridgehead atoms. The number of unbranched alkanes of at least 4 members (excludes halogenated alkanes) is 1. The molecule has 7 nitrogen and oxygen atoms in total. The monoisotopic (exact) mass is 1160 g/mol. The van der Waals surface area contributed by atoms with E-state index in [0.717, 1.165) is 85.3 Å². The lowest BCUT2D eigenvalue weighted by atomic mass is 9.85. The molecule has 6 atom stereocenters. The molecule has 1 fully saturated rings. The average molecular weight is 1160 g/mol. The first-order valence-electron chi connectivity index (χ1n) is 32.2. The average Bonchev–Trinajstić information content (AvgIpc) is 3.74. The highest BCUT2D eigenvalue weighted by molar-refractivity contribution is 6.78. The van der Waals surface area contributed by atoms with E-state index >= 15 is 0 Å². The van der Waals surface area contributed by atoms with Crippen LogP contribution in [-0.2, 0) is 47.1 Å². The number of ether oxygens (including phenoxy) is 1. The van der Waals surface area contributed by atoms with Crippen LogP contribution in [-0.4, -0.2) is 60.0 Å². The van der Waals surface area contributed by atoms with Crippen molar-refractivity contribution in [2.75, 3.05) is 0 Å². The first kappa shape index (κ1) is 68.3. The van der Waals surface area contributed by atoms with Gasteiger partial charge in [0.05, 0.1) is 12.2 Å². The number of aryl methyl sites for hydroxylation is 1. The minimum Gasteiger partial charge on any atom is -0.461 e. The number of fused-ring (bicyclic) bond motifs is 1. The van der Waals surface area contributed by atoms with E-state index in [2.05, 4.69) is 185 Å². The van der Waals surface area contributed by atoms with Crippen molar-refractivity contribution in [2.24, 2.45) is 11.8 Å². The van der Waals surface area contributed by atoms with E-state index in [9.17, 15) is 9.59 Å². The van der Waals surface area contributed by atoms with Gasteiger partial charge in [0.1, 0.15) is 12.4 Å². The number of hydrogen-bond donors (Lipinski definition) is 0. The first-order valence-corrected chi connectivity index (χ1v) is 38.6. The summed E-state index contributed by atoms with van der Waals surface area (Å²) >= 11 is 0. The zero-order valence-corrected chi connectivity index (χ0v) is 57.4. The molecule has 0 radical (unpaired) electrons. The lowest BCUT2D eigenvalue weighted by molar-refractivity contribution is -0.145. The van der Waals surface area contributed by atoms with Crippen LogP contribution in [0.2, 0.25) is 49.9 Å². The Morgan fingerprint density at radius 3 is 1.68 bits per heavy atom. The number of pyridine rings is 1. The number of aromatic nitrogens is 1. The fourth-order valence-electron chi connectivity index (χ4n) is 15.8. The molecule has 5 rings (SSSR count). The van der Waals surface area contributed by atoms with Crippen LogP contribution in [0.3, 0.4) is 0 Å². The summed E-state index contributed by atoms with van der Waals surface area (Å²) in [5.74, 6) is 0.449. The minimum absolute atomic E-state index is 0.103. The molecule has 0 aliphatic heterocycles. The van der Waals surface area contributed by atoms with Crippen LogP contribution in [0.1, 0.15) is 218 Å². The quantitative estimate of drug-likeness (QED) is 0.0199. The molecule has 0 amide bonds. The smallest absolute Gasteiger partial charge is 0.306 e. The van der Waals surface area contributed by atoms with E-state index in [1.165, 1.54) is 5.56 Å². The Hall–Kier alpha value is -3.52. The first-order chi connectivity index (χ1) is 38.3. The van der Waals surface area contributed by atoms with Crippen LogP contribution in [0.5, 0.6) is 0 Å². The van der Waals surface area contributed by atoms with Crippen molar-refractivity contribution in [2.45, 2.75) is 283 Å². The maximum atomic E-state index is 13.6. The molecule has 1 saturated carbocycles. The molecule has 1 unspecified atom stereocenters. The normalized spacial score (nSPS) is 18.4. The molecule has 450 valence electrons. The Balaban J connectivity index is 1.35. The van der Waals surface area contributed by atoms with Gasteiger partial charge in [0.15, 0.2) is 0 Å². The SMILES string of the molecule is CCC(C(=O)Cc1ccc2cnccc2c1)c1ccc(COC(=O)CCC/C=C\C[C@@H]2[C@@H](CC[C@H](CCc3ccccc3)O[Si](C(C)C)(C(C)C)C(C)C)[C@H](O[Si](C(C)C)(C(C)C)C(C)C)C[C@@H]2O[Si](C(C)C)(C(C)C)C(C)C)cc1. The van der Waals surface area contributed by atoms with Gasteiger partial charge in [-0.25, -0.2) is 0 Å². The van der Waals surface area contributed by atoms with Gasteiger partial charge in [-0.3, -0.25) is 14.6 Å². The molecule has 3 aromatic carbocycles. The molecule has 10 heteroatoms. The zero-order chi connectivity index (χ0) is 59.8. The van der Waals surface area contributed by atoms with E-state index in [0.29, 0.717) is 74.5 Å². The number of Topliss-reactive ketones (excluding diaryl/α,β-unsaturated/α-hetero) is 1. The van der Waals surface area contributed by atoms with Crippen molar-refractivity contribution in [1.29, 1.82) is 0 Å². The van der Waals surface area contributed by atoms with Gasteiger partial charge in [-0.05, 0) is 153 Å². The predicted octanol–water partition coefficient (Wildman–Crippen LogP) is 20.4. The Kier molecular flexibility index (Phi) is 26.6. The lowest BCUT2D eigenvalue weighted by Crippen LogP contribution is -2.51. The number of benzene rings is 3. The molecule has 81 heavy (non-hydrogen) atoms. The minimum atomic E-state index is -2.28. The van der Waals surface area contributed by atoms with Crippen LogP contribution in [0, 0.1) is 11.8 Å². The number of hydrogen-bond acceptors (Lipinski definition) is 7. The van der Waals surface area contributed by atoms with E-state index in [1.54, 1.807) is 6.20 Å². The summed E-state index contributed by atoms with van der Waals surface area (Å²) in [6.45, 7) is 46.1. The van der Waals surface area contributed by atoms with Gasteiger partial charge in [-0.2, -0.15) is 0 Å². The van der Waals surface area contributed by atoms with Crippen molar-refractivity contribution in [3.63, 3.8) is 0 Å². The van der Waals surface area contributed by atoms with Crippen molar-refractivity contribution in [3.8, 4) is 0 Å². The summed E-state index contributed by atoms with van der Waals surface area (Å²) in [6, 6.07) is 27.2. The number of carbonyl (C=O) groups is 2. The van der Waals surface area contributed by atoms with Gasteiger partial charge in [0.25, 0.3) is 0 Å². The van der Waals surface area contributed by atoms with Crippen LogP contribution in [0.15, 0.2) is 103 Å². The van der Waals surface area contributed by atoms with Crippen molar-refractivity contribution < 1.29 is 27.6 Å². The Morgan fingerprint density at radius 2 is 1.14 bits per heavy atom. The lowest BCUT2D eigenvalue weighted by Gasteiger charge is -2.46. The van der Waals surface area contributed by atoms with E-state index in [-0.39, 0.29) is 42.6 Å². The van der Waals surface area contributed by atoms with Gasteiger partial charge in [-0.15, -0.1) is 0 Å².